The fraction of sp³-hybridized carbons (Fsp3) is 0.526. The summed E-state index contributed by atoms with van der Waals surface area (Å²) >= 11 is 0. The van der Waals surface area contributed by atoms with Crippen LogP contribution in [0.1, 0.15) is 64.4 Å². The van der Waals surface area contributed by atoms with Gasteiger partial charge in [-0.15, -0.1) is 0 Å². The summed E-state index contributed by atoms with van der Waals surface area (Å²) < 4.78 is 16.6. The molecule has 0 saturated carbocycles. The number of nitrogens with two attached hydrogens (primary N) is 2. The summed E-state index contributed by atoms with van der Waals surface area (Å²) in [5.74, 6) is -6.90. The second-order valence-electron chi connectivity index (χ2n) is 14.8. The summed E-state index contributed by atoms with van der Waals surface area (Å²) in [6.45, 7) is 1.74. The Balaban J connectivity index is 1.78. The highest BCUT2D eigenvalue weighted by Gasteiger charge is 2.41. The van der Waals surface area contributed by atoms with Gasteiger partial charge >= 0.3 is 7.82 Å². The maximum absolute atomic E-state index is 14.3. The molecule has 60 heavy (non-hydrogen) atoms. The molecule has 328 valence electrons. The number of carbonyl (C=O) groups excluding carboxylic acids is 8. The van der Waals surface area contributed by atoms with Crippen molar-refractivity contribution in [3.05, 3.63) is 48.0 Å². The van der Waals surface area contributed by atoms with Gasteiger partial charge in [-0.1, -0.05) is 42.5 Å². The van der Waals surface area contributed by atoms with E-state index in [2.05, 4.69) is 31.9 Å². The van der Waals surface area contributed by atoms with Crippen molar-refractivity contribution in [2.75, 3.05) is 19.6 Å². The Morgan fingerprint density at radius 2 is 1.48 bits per heavy atom. The molecule has 2 heterocycles. The van der Waals surface area contributed by atoms with E-state index in [0.29, 0.717) is 18.4 Å². The smallest absolute Gasteiger partial charge is 0.370 e. The second-order valence-corrected chi connectivity index (χ2v) is 16.0. The summed E-state index contributed by atoms with van der Waals surface area (Å²) in [6.07, 6.45) is -1.12. The van der Waals surface area contributed by atoms with Crippen LogP contribution in [-0.2, 0) is 53.9 Å². The molecule has 21 nitrogen and oxygen atoms in total. The first-order chi connectivity index (χ1) is 28.4. The predicted octanol–water partition coefficient (Wildman–Crippen LogP) is -2.16. The Kier molecular flexibility index (Phi) is 17.1. The Labute approximate surface area is 346 Å². The van der Waals surface area contributed by atoms with Crippen molar-refractivity contribution in [3.63, 3.8) is 0 Å². The molecule has 4 rings (SSSR count). The molecule has 2 aliphatic heterocycles. The zero-order valence-corrected chi connectivity index (χ0v) is 34.3. The highest BCUT2D eigenvalue weighted by molar-refractivity contribution is 7.46. The molecule has 2 aliphatic rings. The number of nitrogens with one attached hydrogen (secondary N) is 6. The normalized spacial score (nSPS) is 25.0. The lowest BCUT2D eigenvalue weighted by atomic mass is 9.97. The molecular weight excluding hydrogens is 805 g/mol. The van der Waals surface area contributed by atoms with Crippen LogP contribution in [-0.4, -0.2) is 124 Å². The van der Waals surface area contributed by atoms with Crippen molar-refractivity contribution >= 4 is 65.9 Å². The van der Waals surface area contributed by atoms with Gasteiger partial charge in [0.2, 0.25) is 47.3 Å². The Morgan fingerprint density at radius 3 is 2.15 bits per heavy atom. The molecule has 7 atom stereocenters. The zero-order valence-electron chi connectivity index (χ0n) is 33.4. The van der Waals surface area contributed by atoms with Crippen LogP contribution in [0.5, 0.6) is 0 Å². The molecule has 2 saturated heterocycles. The number of primary amides is 1. The molecule has 2 fully saturated rings. The maximum Gasteiger partial charge on any atom is 0.469 e. The highest BCUT2D eigenvalue weighted by atomic mass is 31.2. The largest absolute Gasteiger partial charge is 0.469 e. The van der Waals surface area contributed by atoms with Gasteiger partial charge in [0, 0.05) is 19.4 Å². The zero-order chi connectivity index (χ0) is 44.1. The SMILES string of the molecule is C[C@H]1NC(=O)[C@H](CCC(N)=O)NC(=O)[C@H](CCCN)NC(=O)[C@H](Cc2ccc3ccccc3c2)NC(=O)[C@@H]2CCCCN2C(=O)[C@@H]([C@@H](C)OP(=O)(O)O)NC(=O)CNC1=O. The Hall–Kier alpha value is -5.47. The number of carbonyl (C=O) groups is 8. The number of hydrogen-bond acceptors (Lipinski definition) is 11. The van der Waals surface area contributed by atoms with Crippen molar-refractivity contribution < 1.29 is 57.2 Å². The number of benzene rings is 2. The molecule has 22 heteroatoms. The molecule has 0 spiro atoms. The number of piperidine rings is 1. The molecule has 2 aromatic rings. The third kappa shape index (κ3) is 13.8. The summed E-state index contributed by atoms with van der Waals surface area (Å²) in [5.41, 5.74) is 11.7. The van der Waals surface area contributed by atoms with Gasteiger partial charge in [0.25, 0.3) is 0 Å². The fourth-order valence-electron chi connectivity index (χ4n) is 7.00. The third-order valence-corrected chi connectivity index (χ3v) is 10.8. The van der Waals surface area contributed by atoms with Crippen molar-refractivity contribution in [1.29, 1.82) is 0 Å². The number of amides is 8. The number of phosphoric ester groups is 1. The van der Waals surface area contributed by atoms with E-state index in [0.717, 1.165) is 22.6 Å². The van der Waals surface area contributed by atoms with E-state index < -0.39 is 104 Å². The van der Waals surface area contributed by atoms with Gasteiger partial charge < -0.3 is 58.1 Å². The monoisotopic (exact) mass is 859 g/mol. The average Bonchev–Trinajstić information content (AvgIpc) is 3.20. The van der Waals surface area contributed by atoms with Gasteiger partial charge in [0.15, 0.2) is 0 Å². The Morgan fingerprint density at radius 1 is 0.850 bits per heavy atom. The second kappa shape index (κ2) is 21.7. The Bertz CT molecular complexity index is 1980. The average molecular weight is 860 g/mol. The number of nitrogens with zero attached hydrogens (tertiary/aromatic N) is 1. The summed E-state index contributed by atoms with van der Waals surface area (Å²) in [6, 6.07) is 4.52. The van der Waals surface area contributed by atoms with Crippen LogP contribution in [0.4, 0.5) is 0 Å². The van der Waals surface area contributed by atoms with E-state index in [9.17, 15) is 52.7 Å². The summed E-state index contributed by atoms with van der Waals surface area (Å²) in [7, 11) is -5.22. The van der Waals surface area contributed by atoms with Crippen molar-refractivity contribution in [2.45, 2.75) is 108 Å². The first-order valence-electron chi connectivity index (χ1n) is 19.7. The lowest BCUT2D eigenvalue weighted by Crippen LogP contribution is -2.62. The van der Waals surface area contributed by atoms with E-state index in [4.69, 9.17) is 16.0 Å². The van der Waals surface area contributed by atoms with E-state index >= 15 is 0 Å². The predicted molar refractivity (Wildman–Crippen MR) is 215 cm³/mol. The molecule has 12 N–H and O–H groups in total. The van der Waals surface area contributed by atoms with E-state index in [1.54, 1.807) is 6.07 Å². The van der Waals surface area contributed by atoms with Gasteiger partial charge in [-0.3, -0.25) is 42.9 Å². The van der Waals surface area contributed by atoms with Crippen LogP contribution in [0, 0.1) is 0 Å². The minimum atomic E-state index is -5.22. The first kappa shape index (κ1) is 47.2. The molecule has 0 unspecified atom stereocenters. The van der Waals surface area contributed by atoms with Crippen LogP contribution in [0.3, 0.4) is 0 Å². The van der Waals surface area contributed by atoms with Crippen LogP contribution in [0.15, 0.2) is 42.5 Å². The van der Waals surface area contributed by atoms with Gasteiger partial charge in [-0.2, -0.15) is 0 Å². The number of phosphoric acid groups is 1. The molecule has 0 aromatic heterocycles. The minimum absolute atomic E-state index is 0.00410. The van der Waals surface area contributed by atoms with Crippen LogP contribution >= 0.6 is 7.82 Å². The van der Waals surface area contributed by atoms with E-state index in [1.807, 2.05) is 36.4 Å². The van der Waals surface area contributed by atoms with Crippen molar-refractivity contribution in [2.24, 2.45) is 11.5 Å². The lowest BCUT2D eigenvalue weighted by Gasteiger charge is -2.38. The van der Waals surface area contributed by atoms with Gasteiger partial charge in [0.05, 0.1) is 12.6 Å². The van der Waals surface area contributed by atoms with Crippen LogP contribution < -0.4 is 43.4 Å². The van der Waals surface area contributed by atoms with Crippen LogP contribution in [0.25, 0.3) is 10.8 Å². The maximum atomic E-state index is 14.3. The minimum Gasteiger partial charge on any atom is -0.370 e. The summed E-state index contributed by atoms with van der Waals surface area (Å²) in [4.78, 5) is 128. The third-order valence-electron chi connectivity index (χ3n) is 10.1. The van der Waals surface area contributed by atoms with E-state index in [1.165, 1.54) is 6.92 Å². The molecule has 2 aromatic carbocycles. The molecule has 8 amide bonds. The van der Waals surface area contributed by atoms with Crippen LogP contribution in [0.2, 0.25) is 0 Å². The standard InChI is InChI=1S/C38H54N9O12P/c1-21-33(50)41-20-31(49)46-32(22(2)59-60(56,57)58)38(55)47-17-6-5-11-29(47)37(54)45-28(19-23-12-13-24-8-3-4-9-25(24)18-23)36(53)43-26(10-7-16-39)35(52)44-27(34(51)42-21)14-15-30(40)48/h3-4,8-9,12-13,18,21-22,26-29,32H,5-7,10-11,14-17,19-20,39H2,1-2H3,(H2,40,48)(H,41,50)(H,42,51)(H,43,53)(H,44,52)(H,45,54)(H,46,49)(H2,56,57,58)/t21-,22-,26+,27+,28+,29+,32-/m1/s1. The van der Waals surface area contributed by atoms with Gasteiger partial charge in [0.1, 0.15) is 36.3 Å². The quantitative estimate of drug-likeness (QED) is 0.108. The molecule has 0 aliphatic carbocycles. The summed E-state index contributed by atoms with van der Waals surface area (Å²) in [5, 5.41) is 16.8. The van der Waals surface area contributed by atoms with E-state index in [-0.39, 0.29) is 51.6 Å². The van der Waals surface area contributed by atoms with Gasteiger partial charge in [-0.05, 0) is 75.3 Å². The number of fused-ring (bicyclic) bond motifs is 2. The lowest BCUT2D eigenvalue weighted by molar-refractivity contribution is -0.147. The first-order valence-corrected chi connectivity index (χ1v) is 21.2. The van der Waals surface area contributed by atoms with Crippen molar-refractivity contribution in [1.82, 2.24) is 36.8 Å². The highest BCUT2D eigenvalue weighted by Crippen LogP contribution is 2.38. The molecule has 0 bridgehead atoms. The fourth-order valence-corrected chi connectivity index (χ4v) is 7.55. The number of hydrogen-bond donors (Lipinski definition) is 10. The molecular formula is C38H54N9O12P. The van der Waals surface area contributed by atoms with Gasteiger partial charge in [-0.25, -0.2) is 4.57 Å². The molecule has 0 radical (unpaired) electrons. The van der Waals surface area contributed by atoms with Crippen molar-refractivity contribution in [3.8, 4) is 0 Å². The topological polar surface area (TPSA) is 331 Å². The number of rotatable bonds is 11.